The summed E-state index contributed by atoms with van der Waals surface area (Å²) in [5.74, 6) is 0. The molecule has 0 aliphatic carbocycles. The summed E-state index contributed by atoms with van der Waals surface area (Å²) in [6.07, 6.45) is 35.0. The van der Waals surface area contributed by atoms with E-state index in [9.17, 15) is 0 Å². The lowest BCUT2D eigenvalue weighted by Gasteiger charge is -2.28. The predicted octanol–water partition coefficient (Wildman–Crippen LogP) is 12.7. The maximum atomic E-state index is 5.95. The summed E-state index contributed by atoms with van der Waals surface area (Å²) in [7, 11) is 0. The third kappa shape index (κ3) is 25.9. The molecule has 0 aliphatic rings. The van der Waals surface area contributed by atoms with Crippen LogP contribution in [0.25, 0.3) is 0 Å². The van der Waals surface area contributed by atoms with Crippen LogP contribution in [0.1, 0.15) is 196 Å². The van der Waals surface area contributed by atoms with Gasteiger partial charge in [0.25, 0.3) is 0 Å². The fraction of sp³-hybridized carbons (Fsp3) is 0.944. The molecule has 0 radical (unpaired) electrons. The molecule has 0 rings (SSSR count). The van der Waals surface area contributed by atoms with Crippen LogP contribution in [-0.4, -0.2) is 18.5 Å². The zero-order valence-corrected chi connectivity index (χ0v) is 27.4. The Morgan fingerprint density at radius 2 is 0.868 bits per heavy atom. The maximum Gasteiger partial charge on any atom is 0.177 e. The van der Waals surface area contributed by atoms with E-state index in [4.69, 9.17) is 9.47 Å². The van der Waals surface area contributed by atoms with Gasteiger partial charge in [-0.25, -0.2) is 0 Å². The molecular formula is C36H72O2. The molecule has 1 unspecified atom stereocenters. The second-order valence-electron chi connectivity index (χ2n) is 13.4. The van der Waals surface area contributed by atoms with Crippen LogP contribution in [0.15, 0.2) is 12.7 Å². The topological polar surface area (TPSA) is 18.5 Å². The summed E-state index contributed by atoms with van der Waals surface area (Å²) in [6, 6.07) is 0. The van der Waals surface area contributed by atoms with Gasteiger partial charge < -0.3 is 9.47 Å². The van der Waals surface area contributed by atoms with Crippen molar-refractivity contribution in [3.63, 3.8) is 0 Å². The SMILES string of the molecule is C=CC(OCCCCCCCCCCCCCCCCCCCCCCCC(C)(C)CC)OC(C)(C)CC. The van der Waals surface area contributed by atoms with Crippen LogP contribution >= 0.6 is 0 Å². The first-order chi connectivity index (χ1) is 18.3. The van der Waals surface area contributed by atoms with E-state index < -0.39 is 0 Å². The van der Waals surface area contributed by atoms with Crippen LogP contribution in [0.3, 0.4) is 0 Å². The number of hydrogen-bond acceptors (Lipinski definition) is 2. The van der Waals surface area contributed by atoms with Gasteiger partial charge in [-0.15, -0.1) is 0 Å². The molecule has 0 fully saturated rings. The normalized spacial score (nSPS) is 13.2. The van der Waals surface area contributed by atoms with Gasteiger partial charge in [-0.05, 0) is 44.6 Å². The number of unbranched alkanes of at least 4 members (excludes halogenated alkanes) is 20. The van der Waals surface area contributed by atoms with E-state index in [2.05, 4.69) is 48.1 Å². The fourth-order valence-electron chi connectivity index (χ4n) is 4.99. The molecule has 228 valence electrons. The zero-order valence-electron chi connectivity index (χ0n) is 27.4. The van der Waals surface area contributed by atoms with Crippen molar-refractivity contribution in [3.05, 3.63) is 12.7 Å². The first-order valence-corrected chi connectivity index (χ1v) is 17.2. The Morgan fingerprint density at radius 1 is 0.526 bits per heavy atom. The van der Waals surface area contributed by atoms with E-state index >= 15 is 0 Å². The van der Waals surface area contributed by atoms with Crippen molar-refractivity contribution in [1.29, 1.82) is 0 Å². The molecule has 0 saturated heterocycles. The molecule has 0 aromatic rings. The lowest BCUT2D eigenvalue weighted by molar-refractivity contribution is -0.176. The van der Waals surface area contributed by atoms with Crippen LogP contribution < -0.4 is 0 Å². The van der Waals surface area contributed by atoms with E-state index in [1.807, 2.05) is 0 Å². The van der Waals surface area contributed by atoms with Gasteiger partial charge >= 0.3 is 0 Å². The second kappa shape index (κ2) is 25.6. The summed E-state index contributed by atoms with van der Waals surface area (Å²) in [6.45, 7) is 18.1. The lowest BCUT2D eigenvalue weighted by Crippen LogP contribution is -2.30. The number of hydrogen-bond donors (Lipinski definition) is 0. The van der Waals surface area contributed by atoms with Gasteiger partial charge in [0.2, 0.25) is 0 Å². The molecular weight excluding hydrogens is 464 g/mol. The molecule has 2 nitrogen and oxygen atoms in total. The summed E-state index contributed by atoms with van der Waals surface area (Å²) < 4.78 is 11.8. The summed E-state index contributed by atoms with van der Waals surface area (Å²) in [4.78, 5) is 0. The minimum atomic E-state index is -0.275. The van der Waals surface area contributed by atoms with E-state index in [1.165, 1.54) is 141 Å². The monoisotopic (exact) mass is 537 g/mol. The smallest absolute Gasteiger partial charge is 0.177 e. The maximum absolute atomic E-state index is 5.95. The van der Waals surface area contributed by atoms with Crippen molar-refractivity contribution >= 4 is 0 Å². The molecule has 0 N–H and O–H groups in total. The van der Waals surface area contributed by atoms with E-state index in [0.29, 0.717) is 5.41 Å². The highest BCUT2D eigenvalue weighted by Crippen LogP contribution is 2.27. The van der Waals surface area contributed by atoms with Crippen molar-refractivity contribution < 1.29 is 9.47 Å². The molecule has 0 saturated carbocycles. The molecule has 0 bridgehead atoms. The molecule has 1 atom stereocenters. The Kier molecular flexibility index (Phi) is 25.4. The molecule has 0 aromatic heterocycles. The van der Waals surface area contributed by atoms with Gasteiger partial charge in [-0.3, -0.25) is 0 Å². The highest BCUT2D eigenvalue weighted by Gasteiger charge is 2.20. The van der Waals surface area contributed by atoms with Crippen LogP contribution in [0.2, 0.25) is 0 Å². The predicted molar refractivity (Wildman–Crippen MR) is 171 cm³/mol. The molecule has 0 aromatic carbocycles. The fourth-order valence-corrected chi connectivity index (χ4v) is 4.99. The highest BCUT2D eigenvalue weighted by atomic mass is 16.7. The summed E-state index contributed by atoms with van der Waals surface area (Å²) >= 11 is 0. The third-order valence-electron chi connectivity index (χ3n) is 8.72. The van der Waals surface area contributed by atoms with Gasteiger partial charge in [0.1, 0.15) is 0 Å². The van der Waals surface area contributed by atoms with Crippen molar-refractivity contribution in [2.24, 2.45) is 5.41 Å². The van der Waals surface area contributed by atoms with Crippen molar-refractivity contribution in [2.75, 3.05) is 6.61 Å². The Labute approximate surface area is 241 Å². The van der Waals surface area contributed by atoms with Crippen molar-refractivity contribution in [2.45, 2.75) is 208 Å². The van der Waals surface area contributed by atoms with E-state index in [1.54, 1.807) is 6.08 Å². The minimum Gasteiger partial charge on any atom is -0.349 e. The zero-order chi connectivity index (χ0) is 28.4. The standard InChI is InChI=1S/C36H72O2/c1-8-34(38-36(6,7)10-3)37-33-31-29-27-25-23-21-19-17-15-13-11-12-14-16-18-20-22-24-26-28-30-32-35(4,5)9-2/h8,34H,1,9-33H2,2-7H3. The highest BCUT2D eigenvalue weighted by molar-refractivity contribution is 4.77. The molecule has 0 amide bonds. The Balaban J connectivity index is 3.23. The number of rotatable bonds is 30. The molecule has 0 heterocycles. The van der Waals surface area contributed by atoms with Crippen LogP contribution in [0.5, 0.6) is 0 Å². The lowest BCUT2D eigenvalue weighted by atomic mass is 9.84. The molecule has 0 spiro atoms. The Hall–Kier alpha value is -0.340. The first-order valence-electron chi connectivity index (χ1n) is 17.2. The molecule has 2 heteroatoms. The van der Waals surface area contributed by atoms with Crippen LogP contribution in [0.4, 0.5) is 0 Å². The van der Waals surface area contributed by atoms with Gasteiger partial charge in [-0.2, -0.15) is 0 Å². The van der Waals surface area contributed by atoms with Gasteiger partial charge in [0.15, 0.2) is 6.29 Å². The summed E-state index contributed by atoms with van der Waals surface area (Å²) in [5.41, 5.74) is 0.416. The minimum absolute atomic E-state index is 0.149. The summed E-state index contributed by atoms with van der Waals surface area (Å²) in [5, 5.41) is 0. The van der Waals surface area contributed by atoms with Gasteiger partial charge in [-0.1, -0.05) is 169 Å². The van der Waals surface area contributed by atoms with Crippen molar-refractivity contribution in [3.8, 4) is 0 Å². The first kappa shape index (κ1) is 37.7. The van der Waals surface area contributed by atoms with Gasteiger partial charge in [0.05, 0.1) is 12.2 Å². The largest absolute Gasteiger partial charge is 0.349 e. The van der Waals surface area contributed by atoms with E-state index in [-0.39, 0.29) is 11.9 Å². The average Bonchev–Trinajstić information content (AvgIpc) is 2.90. The average molecular weight is 537 g/mol. The quantitative estimate of drug-likeness (QED) is 0.0516. The Bertz CT molecular complexity index is 496. The molecule has 0 aliphatic heterocycles. The molecule has 38 heavy (non-hydrogen) atoms. The second-order valence-corrected chi connectivity index (χ2v) is 13.4. The van der Waals surface area contributed by atoms with Gasteiger partial charge in [0, 0.05) is 0 Å². The van der Waals surface area contributed by atoms with Crippen LogP contribution in [-0.2, 0) is 9.47 Å². The van der Waals surface area contributed by atoms with E-state index in [0.717, 1.165) is 19.4 Å². The van der Waals surface area contributed by atoms with Crippen LogP contribution in [0, 0.1) is 5.41 Å². The Morgan fingerprint density at radius 3 is 1.18 bits per heavy atom. The third-order valence-corrected chi connectivity index (χ3v) is 8.72. The van der Waals surface area contributed by atoms with Crippen molar-refractivity contribution in [1.82, 2.24) is 0 Å². The number of ether oxygens (including phenoxy) is 2.